The van der Waals surface area contributed by atoms with Gasteiger partial charge < -0.3 is 15.0 Å². The maximum Gasteiger partial charge on any atom is 0.244 e. The number of amides is 2. The van der Waals surface area contributed by atoms with Crippen molar-refractivity contribution in [3.05, 3.63) is 94.0 Å². The molecule has 0 saturated carbocycles. The summed E-state index contributed by atoms with van der Waals surface area (Å²) in [6.45, 7) is 3.79. The van der Waals surface area contributed by atoms with Crippen LogP contribution in [0.3, 0.4) is 0 Å². The van der Waals surface area contributed by atoms with E-state index in [-0.39, 0.29) is 18.1 Å². The van der Waals surface area contributed by atoms with Crippen molar-refractivity contribution in [2.45, 2.75) is 39.5 Å². The molecule has 1 atom stereocenters. The van der Waals surface area contributed by atoms with E-state index in [0.29, 0.717) is 34.5 Å². The number of anilines is 1. The highest BCUT2D eigenvalue weighted by atomic mass is 35.5. The van der Waals surface area contributed by atoms with Crippen LogP contribution in [0, 0.1) is 0 Å². The molecule has 11 heteroatoms. The summed E-state index contributed by atoms with van der Waals surface area (Å²) in [6, 6.07) is 20.1. The molecule has 3 aromatic rings. The molecule has 0 aromatic heterocycles. The third-order valence-corrected chi connectivity index (χ3v) is 7.85. The number of nitrogens with zero attached hydrogens (tertiary/aromatic N) is 2. The van der Waals surface area contributed by atoms with E-state index in [4.69, 9.17) is 27.9 Å². The zero-order chi connectivity index (χ0) is 29.3. The molecule has 2 amide bonds. The van der Waals surface area contributed by atoms with Gasteiger partial charge in [0, 0.05) is 23.1 Å². The standard InChI is InChI=1S/C29H33Cl2N3O5S/c1-4-16-32-29(36)21(2)33(18-23-10-11-24(30)17-27(23)31)28(35)19-34(40(3,37)38)25-12-14-26(15-13-25)39-20-22-8-6-5-7-9-22/h5-15,17,21H,4,16,18-20H2,1-3H3,(H,32,36)/t21-/m0/s1. The number of sulfonamides is 1. The van der Waals surface area contributed by atoms with Crippen molar-refractivity contribution >= 4 is 50.7 Å². The number of hydrogen-bond donors (Lipinski definition) is 1. The van der Waals surface area contributed by atoms with Crippen molar-refractivity contribution in [1.82, 2.24) is 10.2 Å². The van der Waals surface area contributed by atoms with Gasteiger partial charge in [0.2, 0.25) is 21.8 Å². The van der Waals surface area contributed by atoms with Gasteiger partial charge in [-0.3, -0.25) is 13.9 Å². The molecule has 0 unspecified atom stereocenters. The molecule has 0 saturated heterocycles. The number of nitrogens with one attached hydrogen (secondary N) is 1. The SMILES string of the molecule is CCCNC(=O)[C@H](C)N(Cc1ccc(Cl)cc1Cl)C(=O)CN(c1ccc(OCc2ccccc2)cc1)S(C)(=O)=O. The first-order chi connectivity index (χ1) is 19.0. The highest BCUT2D eigenvalue weighted by molar-refractivity contribution is 7.92. The molecule has 0 bridgehead atoms. The molecule has 0 aliphatic heterocycles. The zero-order valence-corrected chi connectivity index (χ0v) is 25.0. The van der Waals surface area contributed by atoms with Crippen LogP contribution in [0.1, 0.15) is 31.4 Å². The number of carbonyl (C=O) groups is 2. The van der Waals surface area contributed by atoms with E-state index < -0.39 is 28.5 Å². The van der Waals surface area contributed by atoms with Crippen molar-refractivity contribution < 1.29 is 22.7 Å². The van der Waals surface area contributed by atoms with Crippen molar-refractivity contribution in [1.29, 1.82) is 0 Å². The van der Waals surface area contributed by atoms with Crippen molar-refractivity contribution in [2.24, 2.45) is 0 Å². The van der Waals surface area contributed by atoms with E-state index in [1.165, 1.54) is 4.90 Å². The molecule has 0 heterocycles. The van der Waals surface area contributed by atoms with Crippen LogP contribution in [0.4, 0.5) is 5.69 Å². The van der Waals surface area contributed by atoms with Crippen LogP contribution in [0.2, 0.25) is 10.0 Å². The normalized spacial score (nSPS) is 11.9. The van der Waals surface area contributed by atoms with E-state index >= 15 is 0 Å². The molecule has 3 aromatic carbocycles. The van der Waals surface area contributed by atoms with Gasteiger partial charge in [-0.2, -0.15) is 0 Å². The Labute approximate surface area is 245 Å². The van der Waals surface area contributed by atoms with E-state index in [2.05, 4.69) is 5.32 Å². The predicted octanol–water partition coefficient (Wildman–Crippen LogP) is 5.28. The van der Waals surface area contributed by atoms with Crippen LogP contribution in [0.15, 0.2) is 72.8 Å². The Morgan fingerprint density at radius 3 is 2.27 bits per heavy atom. The van der Waals surface area contributed by atoms with E-state index in [1.807, 2.05) is 37.3 Å². The molecule has 0 radical (unpaired) electrons. The fourth-order valence-corrected chi connectivity index (χ4v) is 5.19. The Morgan fingerprint density at radius 2 is 1.68 bits per heavy atom. The van der Waals surface area contributed by atoms with Crippen LogP contribution < -0.4 is 14.4 Å². The molecule has 214 valence electrons. The van der Waals surface area contributed by atoms with Crippen LogP contribution in [-0.2, 0) is 32.8 Å². The number of benzene rings is 3. The topological polar surface area (TPSA) is 96.0 Å². The van der Waals surface area contributed by atoms with Gasteiger partial charge in [0.25, 0.3) is 0 Å². The quantitative estimate of drug-likeness (QED) is 0.286. The summed E-state index contributed by atoms with van der Waals surface area (Å²) >= 11 is 12.4. The average molecular weight is 607 g/mol. The maximum atomic E-state index is 13.6. The monoisotopic (exact) mass is 605 g/mol. The highest BCUT2D eigenvalue weighted by Crippen LogP contribution is 2.25. The molecule has 0 fully saturated rings. The Bertz CT molecular complexity index is 1400. The van der Waals surface area contributed by atoms with Gasteiger partial charge in [-0.1, -0.05) is 66.5 Å². The molecular weight excluding hydrogens is 573 g/mol. The molecule has 0 aliphatic rings. The fourth-order valence-electron chi connectivity index (χ4n) is 3.88. The van der Waals surface area contributed by atoms with Crippen LogP contribution in [0.5, 0.6) is 5.75 Å². The van der Waals surface area contributed by atoms with E-state index in [9.17, 15) is 18.0 Å². The zero-order valence-electron chi connectivity index (χ0n) is 22.6. The lowest BCUT2D eigenvalue weighted by Crippen LogP contribution is -2.51. The van der Waals surface area contributed by atoms with Crippen LogP contribution >= 0.6 is 23.2 Å². The second-order valence-corrected chi connectivity index (χ2v) is 12.0. The van der Waals surface area contributed by atoms with Gasteiger partial charge in [-0.05, 0) is 60.9 Å². The second-order valence-electron chi connectivity index (χ2n) is 9.26. The first-order valence-corrected chi connectivity index (χ1v) is 15.4. The predicted molar refractivity (Wildman–Crippen MR) is 159 cm³/mol. The summed E-state index contributed by atoms with van der Waals surface area (Å²) in [6.07, 6.45) is 1.75. The van der Waals surface area contributed by atoms with Gasteiger partial charge in [0.1, 0.15) is 24.9 Å². The first-order valence-electron chi connectivity index (χ1n) is 12.7. The summed E-state index contributed by atoms with van der Waals surface area (Å²) in [5.74, 6) is -0.376. The van der Waals surface area contributed by atoms with Gasteiger partial charge >= 0.3 is 0 Å². The second kappa shape index (κ2) is 14.4. The minimum atomic E-state index is -3.86. The van der Waals surface area contributed by atoms with Gasteiger partial charge in [-0.15, -0.1) is 0 Å². The van der Waals surface area contributed by atoms with Gasteiger partial charge in [0.05, 0.1) is 11.9 Å². The van der Waals surface area contributed by atoms with Crippen LogP contribution in [0.25, 0.3) is 0 Å². The minimum Gasteiger partial charge on any atom is -0.489 e. The smallest absolute Gasteiger partial charge is 0.244 e. The lowest BCUT2D eigenvalue weighted by atomic mass is 10.1. The number of halogens is 2. The minimum absolute atomic E-state index is 0.0145. The van der Waals surface area contributed by atoms with Crippen molar-refractivity contribution in [3.63, 3.8) is 0 Å². The summed E-state index contributed by atoms with van der Waals surface area (Å²) in [7, 11) is -3.86. The molecule has 8 nitrogen and oxygen atoms in total. The third kappa shape index (κ3) is 8.87. The average Bonchev–Trinajstić information content (AvgIpc) is 2.93. The largest absolute Gasteiger partial charge is 0.489 e. The van der Waals surface area contributed by atoms with E-state index in [0.717, 1.165) is 22.5 Å². The Hall–Kier alpha value is -3.27. The first kappa shape index (κ1) is 31.3. The fraction of sp³-hybridized carbons (Fsp3) is 0.310. The van der Waals surface area contributed by atoms with Gasteiger partial charge in [0.15, 0.2) is 0 Å². The lowest BCUT2D eigenvalue weighted by molar-refractivity contribution is -0.139. The summed E-state index contributed by atoms with van der Waals surface area (Å²) in [4.78, 5) is 27.8. The van der Waals surface area contributed by atoms with Gasteiger partial charge in [-0.25, -0.2) is 8.42 Å². The molecule has 0 aliphatic carbocycles. The summed E-state index contributed by atoms with van der Waals surface area (Å²) in [5, 5.41) is 3.55. The van der Waals surface area contributed by atoms with E-state index in [1.54, 1.807) is 49.4 Å². The van der Waals surface area contributed by atoms with Crippen molar-refractivity contribution in [2.75, 3.05) is 23.7 Å². The molecular formula is C29H33Cl2N3O5S. The summed E-state index contributed by atoms with van der Waals surface area (Å²) < 4.78 is 32.4. The number of ether oxygens (including phenoxy) is 1. The number of rotatable bonds is 13. The molecule has 1 N–H and O–H groups in total. The molecule has 40 heavy (non-hydrogen) atoms. The molecule has 3 rings (SSSR count). The highest BCUT2D eigenvalue weighted by Gasteiger charge is 2.30. The Morgan fingerprint density at radius 1 is 1.00 bits per heavy atom. The van der Waals surface area contributed by atoms with Crippen LogP contribution in [-0.4, -0.2) is 50.5 Å². The molecule has 0 spiro atoms. The number of hydrogen-bond acceptors (Lipinski definition) is 5. The number of carbonyl (C=O) groups excluding carboxylic acids is 2. The summed E-state index contributed by atoms with van der Waals surface area (Å²) in [5.41, 5.74) is 1.85. The lowest BCUT2D eigenvalue weighted by Gasteiger charge is -2.31. The van der Waals surface area contributed by atoms with Crippen molar-refractivity contribution in [3.8, 4) is 5.75 Å². The Balaban J connectivity index is 1.83. The third-order valence-electron chi connectivity index (χ3n) is 6.12. The Kier molecular flexibility index (Phi) is 11.2. The maximum absolute atomic E-state index is 13.6.